The second-order valence-corrected chi connectivity index (χ2v) is 13.1. The lowest BCUT2D eigenvalue weighted by Crippen LogP contribution is -2.31. The molecule has 5 rings (SSSR count). The first-order valence-electron chi connectivity index (χ1n) is 11.6. The van der Waals surface area contributed by atoms with Crippen LogP contribution in [0.3, 0.4) is 0 Å². The van der Waals surface area contributed by atoms with Gasteiger partial charge in [-0.3, -0.25) is 0 Å². The molecule has 0 aliphatic heterocycles. The first-order valence-corrected chi connectivity index (χ1v) is 14.6. The van der Waals surface area contributed by atoms with Crippen LogP contribution in [0.4, 0.5) is 13.2 Å². The quantitative estimate of drug-likeness (QED) is 0.189. The molecule has 0 fully saturated rings. The molecule has 0 saturated carbocycles. The van der Waals surface area contributed by atoms with Gasteiger partial charge in [0.05, 0.1) is 5.56 Å². The Labute approximate surface area is 224 Å². The molecule has 4 aromatic carbocycles. The predicted octanol–water partition coefficient (Wildman–Crippen LogP) is 7.53. The molecule has 39 heavy (non-hydrogen) atoms. The smallest absolute Gasteiger partial charge is 0.398 e. The van der Waals surface area contributed by atoms with Crippen LogP contribution in [0.15, 0.2) is 133 Å². The largest absolute Gasteiger partial charge is 0.423 e. The van der Waals surface area contributed by atoms with E-state index in [0.29, 0.717) is 17.0 Å². The lowest BCUT2D eigenvalue weighted by molar-refractivity contribution is 0.0771. The van der Waals surface area contributed by atoms with Crippen molar-refractivity contribution in [3.63, 3.8) is 0 Å². The highest BCUT2D eigenvalue weighted by atomic mass is 32.3. The van der Waals surface area contributed by atoms with Gasteiger partial charge in [-0.05, 0) is 77.4 Å². The Kier molecular flexibility index (Phi) is 6.88. The van der Waals surface area contributed by atoms with E-state index in [9.17, 15) is 17.6 Å². The van der Waals surface area contributed by atoms with Crippen LogP contribution in [0, 0.1) is 12.7 Å². The van der Waals surface area contributed by atoms with Crippen LogP contribution in [0.1, 0.15) is 11.1 Å². The first kappa shape index (κ1) is 26.7. The third-order valence-electron chi connectivity index (χ3n) is 6.07. The van der Waals surface area contributed by atoms with E-state index in [1.165, 1.54) is 18.2 Å². The molecule has 0 N–H and O–H groups in total. The third-order valence-corrected chi connectivity index (χ3v) is 11.4. The molecule has 0 bridgehead atoms. The average molecular weight is 571 g/mol. The Bertz CT molecular complexity index is 1780. The van der Waals surface area contributed by atoms with Gasteiger partial charge in [0.2, 0.25) is 0 Å². The SMILES string of the molecule is Cc1cc2ccc(=O)oc2cc1S(OS(=O)(=O)C(F)(F)c1ccccc1F)(c1ccccc1)c1ccccc1. The fraction of sp³-hybridized carbons (Fsp3) is 0.0690. The van der Waals surface area contributed by atoms with E-state index in [4.69, 9.17) is 8.05 Å². The van der Waals surface area contributed by atoms with Crippen molar-refractivity contribution < 1.29 is 29.6 Å². The minimum atomic E-state index is -5.84. The third kappa shape index (κ3) is 4.64. The summed E-state index contributed by atoms with van der Waals surface area (Å²) in [5.74, 6) is -1.39. The number of hydrogen-bond donors (Lipinski definition) is 0. The van der Waals surface area contributed by atoms with Gasteiger partial charge in [0, 0.05) is 26.1 Å². The van der Waals surface area contributed by atoms with Crippen LogP contribution in [-0.2, 0) is 19.0 Å². The summed E-state index contributed by atoms with van der Waals surface area (Å²) < 4.78 is 84.1. The number of alkyl halides is 2. The zero-order valence-corrected chi connectivity index (χ0v) is 22.0. The maximum atomic E-state index is 15.7. The Balaban J connectivity index is 1.86. The van der Waals surface area contributed by atoms with Gasteiger partial charge in [0.1, 0.15) is 11.4 Å². The lowest BCUT2D eigenvalue weighted by Gasteiger charge is -2.41. The number of rotatable bonds is 7. The van der Waals surface area contributed by atoms with Crippen molar-refractivity contribution in [2.45, 2.75) is 26.9 Å². The molecule has 0 aliphatic rings. The maximum absolute atomic E-state index is 15.7. The summed E-state index contributed by atoms with van der Waals surface area (Å²) in [6.07, 6.45) is 0. The molecular weight excluding hydrogens is 549 g/mol. The molecule has 10 heteroatoms. The molecule has 0 atom stereocenters. The molecule has 200 valence electrons. The van der Waals surface area contributed by atoms with Gasteiger partial charge in [-0.25, -0.2) is 12.8 Å². The average Bonchev–Trinajstić information content (AvgIpc) is 2.93. The lowest BCUT2D eigenvalue weighted by atomic mass is 10.1. The van der Waals surface area contributed by atoms with Crippen LogP contribution in [-0.4, -0.2) is 8.42 Å². The van der Waals surface area contributed by atoms with E-state index in [-0.39, 0.29) is 20.3 Å². The summed E-state index contributed by atoms with van der Waals surface area (Å²) in [5, 5.41) is -4.19. The van der Waals surface area contributed by atoms with Gasteiger partial charge in [0.15, 0.2) is 0 Å². The highest BCUT2D eigenvalue weighted by Crippen LogP contribution is 2.71. The summed E-state index contributed by atoms with van der Waals surface area (Å²) in [5.41, 5.74) is -1.35. The van der Waals surface area contributed by atoms with Gasteiger partial charge in [0.25, 0.3) is 0 Å². The van der Waals surface area contributed by atoms with Gasteiger partial charge < -0.3 is 4.42 Å². The monoisotopic (exact) mass is 570 g/mol. The molecule has 0 unspecified atom stereocenters. The molecule has 0 spiro atoms. The topological polar surface area (TPSA) is 73.6 Å². The Morgan fingerprint density at radius 3 is 1.92 bits per heavy atom. The molecule has 0 amide bonds. The van der Waals surface area contributed by atoms with Crippen molar-refractivity contribution in [2.24, 2.45) is 0 Å². The van der Waals surface area contributed by atoms with E-state index in [1.54, 1.807) is 79.7 Å². The van der Waals surface area contributed by atoms with Crippen LogP contribution in [0.25, 0.3) is 11.0 Å². The van der Waals surface area contributed by atoms with E-state index in [2.05, 4.69) is 0 Å². The Hall–Kier alpha value is -3.86. The van der Waals surface area contributed by atoms with Crippen molar-refractivity contribution in [2.75, 3.05) is 0 Å². The summed E-state index contributed by atoms with van der Waals surface area (Å²) in [6.45, 7) is 1.68. The maximum Gasteiger partial charge on any atom is 0.398 e. The molecule has 0 radical (unpaired) electrons. The number of halogens is 3. The second-order valence-electron chi connectivity index (χ2n) is 8.61. The molecule has 1 heterocycles. The van der Waals surface area contributed by atoms with Crippen molar-refractivity contribution in [1.29, 1.82) is 0 Å². The number of benzene rings is 4. The van der Waals surface area contributed by atoms with Crippen molar-refractivity contribution >= 4 is 31.4 Å². The summed E-state index contributed by atoms with van der Waals surface area (Å²) in [4.78, 5) is 12.8. The van der Waals surface area contributed by atoms with Crippen LogP contribution in [0.5, 0.6) is 0 Å². The van der Waals surface area contributed by atoms with Crippen molar-refractivity contribution in [1.82, 2.24) is 0 Å². The zero-order chi connectivity index (χ0) is 27.8. The zero-order valence-electron chi connectivity index (χ0n) is 20.4. The Morgan fingerprint density at radius 2 is 1.33 bits per heavy atom. The van der Waals surface area contributed by atoms with Crippen LogP contribution in [0.2, 0.25) is 0 Å². The summed E-state index contributed by atoms with van der Waals surface area (Å²) >= 11 is 0. The fourth-order valence-corrected chi connectivity index (χ4v) is 9.68. The second kappa shape index (κ2) is 10.0. The van der Waals surface area contributed by atoms with E-state index in [0.717, 1.165) is 12.1 Å². The van der Waals surface area contributed by atoms with Gasteiger partial charge in [-0.2, -0.15) is 17.2 Å². The molecule has 5 aromatic rings. The van der Waals surface area contributed by atoms with Crippen LogP contribution >= 0.6 is 10.3 Å². The van der Waals surface area contributed by atoms with Crippen LogP contribution < -0.4 is 5.63 Å². The molecular formula is C29H21F3O5S2. The number of fused-ring (bicyclic) bond motifs is 1. The number of aryl methyl sites for hydroxylation is 1. The molecule has 5 nitrogen and oxygen atoms in total. The Morgan fingerprint density at radius 1 is 0.769 bits per heavy atom. The highest BCUT2D eigenvalue weighted by molar-refractivity contribution is 8.33. The van der Waals surface area contributed by atoms with Gasteiger partial charge in [-0.1, -0.05) is 48.5 Å². The predicted molar refractivity (Wildman–Crippen MR) is 143 cm³/mol. The van der Waals surface area contributed by atoms with Crippen molar-refractivity contribution in [3.05, 3.63) is 137 Å². The number of hydrogen-bond acceptors (Lipinski definition) is 5. The first-order chi connectivity index (χ1) is 18.6. The fourth-order valence-electron chi connectivity index (χ4n) is 4.26. The van der Waals surface area contributed by atoms with E-state index < -0.39 is 42.7 Å². The normalized spacial score (nSPS) is 12.9. The standard InChI is InChI=1S/C29H21F3O5S2/c1-20-18-21-16-17-28(33)36-26(21)19-27(20)38(22-10-4-2-5-11-22,23-12-6-3-7-13-23)37-39(34,35)29(31,32)24-14-8-9-15-25(24)30/h2-19H,1H3. The van der Waals surface area contributed by atoms with Gasteiger partial charge >= 0.3 is 21.0 Å². The molecule has 1 aromatic heterocycles. The molecule has 0 aliphatic carbocycles. The summed E-state index contributed by atoms with van der Waals surface area (Å²) in [6, 6.07) is 25.8. The minimum Gasteiger partial charge on any atom is -0.423 e. The highest BCUT2D eigenvalue weighted by Gasteiger charge is 2.54. The van der Waals surface area contributed by atoms with Crippen molar-refractivity contribution in [3.8, 4) is 0 Å². The van der Waals surface area contributed by atoms with Gasteiger partial charge in [-0.15, -0.1) is 0 Å². The minimum absolute atomic E-state index is 0.119. The summed E-state index contributed by atoms with van der Waals surface area (Å²) in [7, 11) is -9.33. The van der Waals surface area contributed by atoms with E-state index in [1.807, 2.05) is 0 Å². The van der Waals surface area contributed by atoms with E-state index >= 15 is 8.78 Å². The molecule has 0 saturated heterocycles.